The van der Waals surface area contributed by atoms with Crippen molar-refractivity contribution in [2.24, 2.45) is 0 Å². The van der Waals surface area contributed by atoms with Gasteiger partial charge in [-0.3, -0.25) is 0 Å². The summed E-state index contributed by atoms with van der Waals surface area (Å²) in [5, 5.41) is 12.0. The van der Waals surface area contributed by atoms with Crippen LogP contribution < -0.4 is 5.32 Å². The van der Waals surface area contributed by atoms with Crippen molar-refractivity contribution in [3.63, 3.8) is 0 Å². The van der Waals surface area contributed by atoms with Crippen molar-refractivity contribution in [2.75, 3.05) is 12.4 Å². The standard InChI is InChI=1S/C12H18ClN3O/c1-7-8(2)12(16-15-11(7)13)14-9-5-4-6-10(9)17-3/h9-10H,4-6H2,1-3H3,(H,14,16). The van der Waals surface area contributed by atoms with Gasteiger partial charge in [-0.05, 0) is 44.2 Å². The molecule has 0 aromatic carbocycles. The smallest absolute Gasteiger partial charge is 0.155 e. The zero-order valence-electron chi connectivity index (χ0n) is 10.5. The maximum absolute atomic E-state index is 5.93. The maximum Gasteiger partial charge on any atom is 0.155 e. The Morgan fingerprint density at radius 3 is 2.71 bits per heavy atom. The van der Waals surface area contributed by atoms with Gasteiger partial charge in [-0.2, -0.15) is 0 Å². The normalized spacial score (nSPS) is 24.0. The molecule has 1 fully saturated rings. The number of ether oxygens (including phenoxy) is 1. The molecule has 0 amide bonds. The third-order valence-corrected chi connectivity index (χ3v) is 3.90. The first-order valence-electron chi connectivity index (χ1n) is 5.92. The van der Waals surface area contributed by atoms with Crippen LogP contribution in [0.3, 0.4) is 0 Å². The first-order chi connectivity index (χ1) is 8.13. The van der Waals surface area contributed by atoms with Crippen molar-refractivity contribution in [1.29, 1.82) is 0 Å². The van der Waals surface area contributed by atoms with Gasteiger partial charge >= 0.3 is 0 Å². The van der Waals surface area contributed by atoms with E-state index in [9.17, 15) is 0 Å². The Morgan fingerprint density at radius 1 is 1.24 bits per heavy atom. The molecule has 0 saturated heterocycles. The summed E-state index contributed by atoms with van der Waals surface area (Å²) in [4.78, 5) is 0. The number of hydrogen-bond donors (Lipinski definition) is 1. The molecule has 0 aliphatic heterocycles. The molecular weight excluding hydrogens is 238 g/mol. The number of hydrogen-bond acceptors (Lipinski definition) is 4. The van der Waals surface area contributed by atoms with Gasteiger partial charge < -0.3 is 10.1 Å². The fraction of sp³-hybridized carbons (Fsp3) is 0.667. The van der Waals surface area contributed by atoms with E-state index in [2.05, 4.69) is 15.5 Å². The highest BCUT2D eigenvalue weighted by Crippen LogP contribution is 2.27. The van der Waals surface area contributed by atoms with Crippen LogP contribution in [0, 0.1) is 13.8 Å². The fourth-order valence-corrected chi connectivity index (χ4v) is 2.44. The Labute approximate surface area is 107 Å². The van der Waals surface area contributed by atoms with E-state index >= 15 is 0 Å². The molecule has 17 heavy (non-hydrogen) atoms. The third kappa shape index (κ3) is 2.53. The average molecular weight is 256 g/mol. The minimum atomic E-state index is 0.271. The molecule has 4 nitrogen and oxygen atoms in total. The van der Waals surface area contributed by atoms with Gasteiger partial charge in [-0.25, -0.2) is 0 Å². The monoisotopic (exact) mass is 255 g/mol. The molecule has 5 heteroatoms. The molecule has 0 radical (unpaired) electrons. The number of methoxy groups -OCH3 is 1. The van der Waals surface area contributed by atoms with Crippen molar-refractivity contribution in [2.45, 2.75) is 45.3 Å². The van der Waals surface area contributed by atoms with Crippen LogP contribution in [0.15, 0.2) is 0 Å². The number of nitrogens with one attached hydrogen (secondary N) is 1. The second kappa shape index (κ2) is 5.19. The summed E-state index contributed by atoms with van der Waals surface area (Å²) in [6, 6.07) is 0.327. The SMILES string of the molecule is COC1CCCC1Nc1nnc(Cl)c(C)c1C. The van der Waals surface area contributed by atoms with Crippen molar-refractivity contribution >= 4 is 17.4 Å². The Bertz CT molecular complexity index is 411. The topological polar surface area (TPSA) is 47.0 Å². The van der Waals surface area contributed by atoms with Crippen molar-refractivity contribution in [3.8, 4) is 0 Å². The van der Waals surface area contributed by atoms with Crippen LogP contribution in [0.5, 0.6) is 0 Å². The second-order valence-corrected chi connectivity index (χ2v) is 4.90. The van der Waals surface area contributed by atoms with E-state index in [0.29, 0.717) is 11.2 Å². The Hall–Kier alpha value is -0.870. The van der Waals surface area contributed by atoms with Crippen LogP contribution in [0.2, 0.25) is 5.15 Å². The van der Waals surface area contributed by atoms with Gasteiger partial charge in [0.1, 0.15) is 0 Å². The first kappa shape index (κ1) is 12.6. The minimum absolute atomic E-state index is 0.271. The summed E-state index contributed by atoms with van der Waals surface area (Å²) in [7, 11) is 1.76. The summed E-state index contributed by atoms with van der Waals surface area (Å²) >= 11 is 5.93. The molecule has 2 rings (SSSR count). The Balaban J connectivity index is 2.16. The molecule has 2 unspecified atom stereocenters. The van der Waals surface area contributed by atoms with Gasteiger partial charge in [-0.1, -0.05) is 11.6 Å². The zero-order valence-corrected chi connectivity index (χ0v) is 11.2. The van der Waals surface area contributed by atoms with Gasteiger partial charge in [0.2, 0.25) is 0 Å². The fourth-order valence-electron chi connectivity index (χ4n) is 2.26. The molecule has 1 saturated carbocycles. The lowest BCUT2D eigenvalue weighted by Crippen LogP contribution is -2.30. The quantitative estimate of drug-likeness (QED) is 0.902. The van der Waals surface area contributed by atoms with Crippen LogP contribution in [0.25, 0.3) is 0 Å². The van der Waals surface area contributed by atoms with Crippen LogP contribution in [0.1, 0.15) is 30.4 Å². The molecule has 1 heterocycles. The molecule has 94 valence electrons. The molecule has 1 aromatic heterocycles. The molecule has 2 atom stereocenters. The summed E-state index contributed by atoms with van der Waals surface area (Å²) in [5.74, 6) is 0.820. The average Bonchev–Trinajstić information content (AvgIpc) is 2.77. The van der Waals surface area contributed by atoms with Crippen molar-refractivity contribution in [1.82, 2.24) is 10.2 Å². The molecule has 1 aliphatic carbocycles. The zero-order chi connectivity index (χ0) is 12.4. The van der Waals surface area contributed by atoms with Gasteiger partial charge in [-0.15, -0.1) is 10.2 Å². The predicted molar refractivity (Wildman–Crippen MR) is 68.6 cm³/mol. The van der Waals surface area contributed by atoms with Gasteiger partial charge in [0.25, 0.3) is 0 Å². The molecular formula is C12H18ClN3O. The molecule has 1 aromatic rings. The van der Waals surface area contributed by atoms with Crippen molar-refractivity contribution in [3.05, 3.63) is 16.3 Å². The number of nitrogens with zero attached hydrogens (tertiary/aromatic N) is 2. The lowest BCUT2D eigenvalue weighted by atomic mass is 10.1. The highest BCUT2D eigenvalue weighted by Gasteiger charge is 2.27. The van der Waals surface area contributed by atoms with Crippen LogP contribution in [-0.4, -0.2) is 29.5 Å². The lowest BCUT2D eigenvalue weighted by Gasteiger charge is -2.21. The van der Waals surface area contributed by atoms with E-state index in [1.54, 1.807) is 7.11 Å². The number of rotatable bonds is 3. The van der Waals surface area contributed by atoms with Crippen LogP contribution in [-0.2, 0) is 4.74 Å². The van der Waals surface area contributed by atoms with E-state index in [0.717, 1.165) is 29.8 Å². The summed E-state index contributed by atoms with van der Waals surface area (Å²) < 4.78 is 5.45. The second-order valence-electron chi connectivity index (χ2n) is 4.55. The minimum Gasteiger partial charge on any atom is -0.379 e. The van der Waals surface area contributed by atoms with Crippen LogP contribution in [0.4, 0.5) is 5.82 Å². The molecule has 0 bridgehead atoms. The van der Waals surface area contributed by atoms with E-state index in [-0.39, 0.29) is 6.10 Å². The summed E-state index contributed by atoms with van der Waals surface area (Å²) in [6.45, 7) is 3.97. The Kier molecular flexibility index (Phi) is 3.84. The third-order valence-electron chi connectivity index (χ3n) is 3.54. The van der Waals surface area contributed by atoms with Gasteiger partial charge in [0.15, 0.2) is 11.0 Å². The largest absolute Gasteiger partial charge is 0.379 e. The lowest BCUT2D eigenvalue weighted by molar-refractivity contribution is 0.101. The van der Waals surface area contributed by atoms with Gasteiger partial charge in [0, 0.05) is 7.11 Å². The molecule has 1 aliphatic rings. The van der Waals surface area contributed by atoms with E-state index in [1.165, 1.54) is 6.42 Å². The van der Waals surface area contributed by atoms with Crippen molar-refractivity contribution < 1.29 is 4.74 Å². The Morgan fingerprint density at radius 2 is 2.00 bits per heavy atom. The number of anilines is 1. The molecule has 1 N–H and O–H groups in total. The number of halogens is 1. The highest BCUT2D eigenvalue weighted by atomic mass is 35.5. The summed E-state index contributed by atoms with van der Waals surface area (Å²) in [5.41, 5.74) is 2.04. The maximum atomic E-state index is 5.93. The van der Waals surface area contributed by atoms with Crippen LogP contribution >= 0.6 is 11.6 Å². The van der Waals surface area contributed by atoms with E-state index in [1.807, 2.05) is 13.8 Å². The van der Waals surface area contributed by atoms with Gasteiger partial charge in [0.05, 0.1) is 12.1 Å². The summed E-state index contributed by atoms with van der Waals surface area (Å²) in [6.07, 6.45) is 3.68. The first-order valence-corrected chi connectivity index (χ1v) is 6.30. The highest BCUT2D eigenvalue weighted by molar-refractivity contribution is 6.30. The van der Waals surface area contributed by atoms with E-state index in [4.69, 9.17) is 16.3 Å². The number of aromatic nitrogens is 2. The predicted octanol–water partition coefficient (Wildman–Crippen LogP) is 2.73. The molecule has 0 spiro atoms. The van der Waals surface area contributed by atoms with E-state index < -0.39 is 0 Å².